The highest BCUT2D eigenvalue weighted by Crippen LogP contribution is 2.50. The van der Waals surface area contributed by atoms with Gasteiger partial charge in [0.1, 0.15) is 34.5 Å². The second kappa shape index (κ2) is 36.8. The Hall–Kier alpha value is -8.12. The molecule has 0 heterocycles. The summed E-state index contributed by atoms with van der Waals surface area (Å²) in [6.45, 7) is 0. The van der Waals surface area contributed by atoms with E-state index in [1.807, 2.05) is 91.0 Å². The van der Waals surface area contributed by atoms with E-state index in [0.29, 0.717) is 34.5 Å². The van der Waals surface area contributed by atoms with Crippen molar-refractivity contribution >= 4 is 114 Å². The standard InChI is InChI=1S/C26H24P2.C24H27O6P.C18H15P.C12H10ClP/c1-5-13-23(14-6-1)27(24-15-7-2-8-16-24)21-22-28(25-17-9-3-10-18-25)26-19-11-4-12-20-26;1-25-16-10-7-11-17(26-2)22(16)31(23-18(27-3)12-8-13-19(23)28-4)24-20(29-5)14-9-15-21(24)30-6;1-4-10-16(11-5-1)19(17-12-6-2-7-13-17)18-14-8-3-9-15-18;13-14(11-7-3-1-4-8-11)12-9-5-2-6-10-12/h1-20H,21-22H2;7-15H,1-6H3;1-15H;1-10H. The zero-order valence-electron chi connectivity index (χ0n) is 52.7. The van der Waals surface area contributed by atoms with Crippen LogP contribution in [0.2, 0.25) is 0 Å². The van der Waals surface area contributed by atoms with E-state index < -0.39 is 23.1 Å². The van der Waals surface area contributed by atoms with Crippen molar-refractivity contribution in [1.29, 1.82) is 0 Å². The summed E-state index contributed by atoms with van der Waals surface area (Å²) < 4.78 is 34.7. The smallest absolute Gasteiger partial charge is 0.130 e. The Morgan fingerprint density at radius 2 is 0.380 bits per heavy atom. The lowest BCUT2D eigenvalue weighted by molar-refractivity contribution is 0.398. The monoisotopic (exact) mass is 1320 g/mol. The number of rotatable bonds is 21. The Kier molecular flexibility index (Phi) is 27.3. The molecule has 0 fully saturated rings. The molecule has 12 aromatic carbocycles. The number of hydrogen-bond acceptors (Lipinski definition) is 6. The van der Waals surface area contributed by atoms with E-state index in [1.54, 1.807) is 42.7 Å². The molecule has 464 valence electrons. The Labute approximate surface area is 555 Å². The fourth-order valence-electron chi connectivity index (χ4n) is 10.4. The molecule has 12 rings (SSSR count). The predicted molar refractivity (Wildman–Crippen MR) is 402 cm³/mol. The molecule has 0 atom stereocenters. The Morgan fingerprint density at radius 3 is 0.565 bits per heavy atom. The van der Waals surface area contributed by atoms with Crippen LogP contribution in [0.3, 0.4) is 0 Å². The van der Waals surface area contributed by atoms with Crippen LogP contribution in [0.15, 0.2) is 328 Å². The summed E-state index contributed by atoms with van der Waals surface area (Å²) in [5, 5.41) is 15.1. The van der Waals surface area contributed by atoms with Crippen molar-refractivity contribution in [2.45, 2.75) is 0 Å². The first-order valence-corrected chi connectivity index (χ1v) is 38.1. The van der Waals surface area contributed by atoms with E-state index in [1.165, 1.54) is 60.1 Å². The molecular weight excluding hydrogens is 1250 g/mol. The van der Waals surface area contributed by atoms with Gasteiger partial charge in [-0.2, -0.15) is 0 Å². The summed E-state index contributed by atoms with van der Waals surface area (Å²) in [7, 11) is 6.67. The van der Waals surface area contributed by atoms with Crippen molar-refractivity contribution in [1.82, 2.24) is 0 Å². The van der Waals surface area contributed by atoms with E-state index in [-0.39, 0.29) is 15.8 Å². The third kappa shape index (κ3) is 18.3. The maximum atomic E-state index is 6.40. The Balaban J connectivity index is 0.000000151. The maximum Gasteiger partial charge on any atom is 0.130 e. The molecule has 12 aromatic rings. The third-order valence-corrected chi connectivity index (χ3v) is 27.9. The summed E-state index contributed by atoms with van der Waals surface area (Å²) in [6.07, 6.45) is 2.41. The minimum absolute atomic E-state index is 0.348. The average molecular weight is 1320 g/mol. The predicted octanol–water partition coefficient (Wildman–Crippen LogP) is 15.5. The summed E-state index contributed by atoms with van der Waals surface area (Å²) in [4.78, 5) is 0. The first kappa shape index (κ1) is 68.3. The van der Waals surface area contributed by atoms with E-state index >= 15 is 0 Å². The first-order chi connectivity index (χ1) is 45.4. The van der Waals surface area contributed by atoms with Gasteiger partial charge in [0.2, 0.25) is 0 Å². The van der Waals surface area contributed by atoms with Gasteiger partial charge in [-0.15, -0.1) is 0 Å². The third-order valence-electron chi connectivity index (χ3n) is 14.7. The normalized spacial score (nSPS) is 10.7. The van der Waals surface area contributed by atoms with E-state index in [9.17, 15) is 0 Å². The van der Waals surface area contributed by atoms with Crippen LogP contribution < -0.4 is 92.1 Å². The molecule has 0 saturated heterocycles. The van der Waals surface area contributed by atoms with E-state index in [0.717, 1.165) is 15.9 Å². The molecule has 0 aliphatic rings. The lowest BCUT2D eigenvalue weighted by Crippen LogP contribution is -2.27. The highest BCUT2D eigenvalue weighted by molar-refractivity contribution is 7.95. The highest BCUT2D eigenvalue weighted by atomic mass is 35.7. The summed E-state index contributed by atoms with van der Waals surface area (Å²) in [5.41, 5.74) is 0. The van der Waals surface area contributed by atoms with Gasteiger partial charge in [-0.1, -0.05) is 302 Å². The van der Waals surface area contributed by atoms with Gasteiger partial charge < -0.3 is 28.4 Å². The number of halogens is 1. The van der Waals surface area contributed by atoms with Crippen molar-refractivity contribution in [3.8, 4) is 34.5 Å². The maximum absolute atomic E-state index is 6.40. The van der Waals surface area contributed by atoms with Crippen molar-refractivity contribution < 1.29 is 28.4 Å². The summed E-state index contributed by atoms with van der Waals surface area (Å²) in [6, 6.07) is 114. The molecule has 0 saturated carbocycles. The number of benzene rings is 12. The van der Waals surface area contributed by atoms with Crippen LogP contribution in [0.25, 0.3) is 0 Å². The quantitative estimate of drug-likeness (QED) is 0.0668. The molecule has 0 unspecified atom stereocenters. The van der Waals surface area contributed by atoms with Crippen molar-refractivity contribution in [3.05, 3.63) is 328 Å². The minimum atomic E-state index is -1.36. The first-order valence-electron chi connectivity index (χ1n) is 30.1. The van der Waals surface area contributed by atoms with Gasteiger partial charge in [0.25, 0.3) is 0 Å². The van der Waals surface area contributed by atoms with Gasteiger partial charge in [0, 0.05) is 7.92 Å². The van der Waals surface area contributed by atoms with Crippen LogP contribution in [-0.4, -0.2) is 55.0 Å². The fraction of sp³-hybridized carbons (Fsp3) is 0.100. The van der Waals surface area contributed by atoms with Crippen molar-refractivity contribution in [2.75, 3.05) is 55.0 Å². The van der Waals surface area contributed by atoms with E-state index in [2.05, 4.69) is 237 Å². The second-order valence-electron chi connectivity index (χ2n) is 20.3. The van der Waals surface area contributed by atoms with Crippen molar-refractivity contribution in [2.24, 2.45) is 0 Å². The van der Waals surface area contributed by atoms with E-state index in [4.69, 9.17) is 39.7 Å². The van der Waals surface area contributed by atoms with Crippen molar-refractivity contribution in [3.63, 3.8) is 0 Å². The van der Waals surface area contributed by atoms with Gasteiger partial charge in [-0.05, 0) is 120 Å². The fourth-order valence-corrected chi connectivity index (χ4v) is 22.9. The molecule has 12 heteroatoms. The van der Waals surface area contributed by atoms with Crippen LogP contribution in [-0.2, 0) is 0 Å². The van der Waals surface area contributed by atoms with Gasteiger partial charge in [0.05, 0.1) is 65.8 Å². The number of ether oxygens (including phenoxy) is 6. The van der Waals surface area contributed by atoms with Crippen LogP contribution in [0.5, 0.6) is 34.5 Å². The molecular formula is C80H76ClO6P5. The largest absolute Gasteiger partial charge is 0.496 e. The Bertz CT molecular complexity index is 3550. The molecule has 0 aromatic heterocycles. The van der Waals surface area contributed by atoms with Gasteiger partial charge in [0.15, 0.2) is 0 Å². The topological polar surface area (TPSA) is 55.4 Å². The molecule has 0 aliphatic carbocycles. The molecule has 6 nitrogen and oxygen atoms in total. The highest BCUT2D eigenvalue weighted by Gasteiger charge is 2.34. The second-order valence-corrected chi connectivity index (χ2v) is 31.8. The lowest BCUT2D eigenvalue weighted by atomic mass is 10.3. The van der Waals surface area contributed by atoms with Crippen LogP contribution in [0, 0.1) is 0 Å². The molecule has 0 N–H and O–H groups in total. The average Bonchev–Trinajstić information content (AvgIpc) is 0.839. The molecule has 92 heavy (non-hydrogen) atoms. The SMILES string of the molecule is COc1cccc(OC)c1P(c1c(OC)cccc1OC)c1c(OC)cccc1OC.ClP(c1ccccc1)c1ccccc1.c1ccc(P(CCP(c2ccccc2)c2ccccc2)c2ccccc2)cc1.c1ccc(P(c2ccccc2)c2ccccc2)cc1. The summed E-state index contributed by atoms with van der Waals surface area (Å²) >= 11 is 6.40. The lowest BCUT2D eigenvalue weighted by Gasteiger charge is -2.28. The van der Waals surface area contributed by atoms with Crippen LogP contribution in [0.1, 0.15) is 0 Å². The molecule has 0 radical (unpaired) electrons. The molecule has 0 spiro atoms. The van der Waals surface area contributed by atoms with Gasteiger partial charge >= 0.3 is 0 Å². The van der Waals surface area contributed by atoms with Gasteiger partial charge in [-0.3, -0.25) is 0 Å². The molecule has 0 bridgehead atoms. The molecule has 0 amide bonds. The zero-order chi connectivity index (χ0) is 64.1. The Morgan fingerprint density at radius 1 is 0.207 bits per heavy atom. The number of methoxy groups -OCH3 is 6. The van der Waals surface area contributed by atoms with Crippen LogP contribution in [0.4, 0.5) is 0 Å². The number of hydrogen-bond donors (Lipinski definition) is 0. The van der Waals surface area contributed by atoms with Gasteiger partial charge in [-0.25, -0.2) is 0 Å². The summed E-state index contributed by atoms with van der Waals surface area (Å²) in [5.74, 6) is 4.12. The minimum Gasteiger partial charge on any atom is -0.496 e. The van der Waals surface area contributed by atoms with Crippen LogP contribution >= 0.6 is 50.2 Å². The zero-order valence-corrected chi connectivity index (χ0v) is 57.9. The molecule has 0 aliphatic heterocycles.